The standard InChI is InChI=1S/C22H18FN3O2S/c23-17-9-5-4-8-15(17)12-20-25-21-16(22(28)26(20)11-10-19(24)27)13-18(29-21)14-6-2-1-3-7-14/h1-9,13H,10-12H2,(H2,24,27). The SMILES string of the molecule is NC(=O)CCn1c(Cc2ccccc2F)nc2sc(-c3ccccc3)cc2c1=O. The summed E-state index contributed by atoms with van der Waals surface area (Å²) >= 11 is 1.42. The fourth-order valence-corrected chi connectivity index (χ4v) is 4.25. The van der Waals surface area contributed by atoms with E-state index in [2.05, 4.69) is 4.98 Å². The lowest BCUT2D eigenvalue weighted by molar-refractivity contribution is -0.118. The van der Waals surface area contributed by atoms with Crippen LogP contribution in [0.1, 0.15) is 17.8 Å². The average molecular weight is 407 g/mol. The van der Waals surface area contributed by atoms with E-state index in [-0.39, 0.29) is 30.8 Å². The third kappa shape index (κ3) is 3.95. The number of hydrogen-bond donors (Lipinski definition) is 1. The molecular weight excluding hydrogens is 389 g/mol. The fraction of sp³-hybridized carbons (Fsp3) is 0.136. The van der Waals surface area contributed by atoms with E-state index >= 15 is 0 Å². The summed E-state index contributed by atoms with van der Waals surface area (Å²) in [6.45, 7) is 0.109. The Morgan fingerprint density at radius 2 is 1.83 bits per heavy atom. The van der Waals surface area contributed by atoms with E-state index < -0.39 is 5.91 Å². The summed E-state index contributed by atoms with van der Waals surface area (Å²) in [4.78, 5) is 30.6. The molecule has 7 heteroatoms. The van der Waals surface area contributed by atoms with Gasteiger partial charge >= 0.3 is 0 Å². The van der Waals surface area contributed by atoms with E-state index in [1.54, 1.807) is 18.2 Å². The van der Waals surface area contributed by atoms with Crippen molar-refractivity contribution in [2.45, 2.75) is 19.4 Å². The van der Waals surface area contributed by atoms with E-state index in [0.717, 1.165) is 10.4 Å². The molecule has 0 aliphatic rings. The molecule has 5 nitrogen and oxygen atoms in total. The number of carbonyl (C=O) groups is 1. The van der Waals surface area contributed by atoms with E-state index in [9.17, 15) is 14.0 Å². The number of rotatable bonds is 6. The van der Waals surface area contributed by atoms with Crippen molar-refractivity contribution >= 4 is 27.5 Å². The van der Waals surface area contributed by atoms with Crippen molar-refractivity contribution in [3.8, 4) is 10.4 Å². The van der Waals surface area contributed by atoms with Crippen LogP contribution in [0.4, 0.5) is 4.39 Å². The van der Waals surface area contributed by atoms with Gasteiger partial charge in [-0.3, -0.25) is 14.2 Å². The number of fused-ring (bicyclic) bond motifs is 1. The van der Waals surface area contributed by atoms with Crippen molar-refractivity contribution in [1.82, 2.24) is 9.55 Å². The quantitative estimate of drug-likeness (QED) is 0.529. The molecule has 2 aromatic carbocycles. The van der Waals surface area contributed by atoms with Gasteiger partial charge in [-0.05, 0) is 23.3 Å². The first-order valence-corrected chi connectivity index (χ1v) is 9.95. The second kappa shape index (κ2) is 7.97. The number of nitrogens with zero attached hydrogens (tertiary/aromatic N) is 2. The third-order valence-electron chi connectivity index (χ3n) is 4.68. The number of carbonyl (C=O) groups excluding carboxylic acids is 1. The molecule has 0 aliphatic carbocycles. The second-order valence-corrected chi connectivity index (χ2v) is 7.70. The van der Waals surface area contributed by atoms with Crippen LogP contribution in [-0.2, 0) is 17.8 Å². The van der Waals surface area contributed by atoms with Gasteiger partial charge in [0.25, 0.3) is 5.56 Å². The minimum absolute atomic E-state index is 0.00699. The molecule has 4 aromatic rings. The molecule has 0 saturated heterocycles. The van der Waals surface area contributed by atoms with E-state index in [1.807, 2.05) is 36.4 Å². The predicted molar refractivity (Wildman–Crippen MR) is 112 cm³/mol. The van der Waals surface area contributed by atoms with Crippen molar-refractivity contribution in [1.29, 1.82) is 0 Å². The fourth-order valence-electron chi connectivity index (χ4n) is 3.20. The van der Waals surface area contributed by atoms with Gasteiger partial charge in [-0.1, -0.05) is 48.5 Å². The number of thiophene rings is 1. The maximum atomic E-state index is 14.2. The molecule has 2 aromatic heterocycles. The van der Waals surface area contributed by atoms with Gasteiger partial charge in [0.05, 0.1) is 5.39 Å². The molecule has 0 atom stereocenters. The Balaban J connectivity index is 1.85. The molecular formula is C22H18FN3O2S. The summed E-state index contributed by atoms with van der Waals surface area (Å²) in [5.41, 5.74) is 6.46. The first-order valence-electron chi connectivity index (χ1n) is 9.13. The number of nitrogens with two attached hydrogens (primary N) is 1. The van der Waals surface area contributed by atoms with Gasteiger partial charge in [0.15, 0.2) is 0 Å². The number of aromatic nitrogens is 2. The van der Waals surface area contributed by atoms with Crippen LogP contribution >= 0.6 is 11.3 Å². The Hall–Kier alpha value is -3.32. The summed E-state index contributed by atoms with van der Waals surface area (Å²) in [5, 5.41) is 0.482. The van der Waals surface area contributed by atoms with E-state index in [1.165, 1.54) is 22.0 Å². The summed E-state index contributed by atoms with van der Waals surface area (Å²) in [7, 11) is 0. The average Bonchev–Trinajstić information content (AvgIpc) is 3.14. The van der Waals surface area contributed by atoms with Gasteiger partial charge in [-0.25, -0.2) is 9.37 Å². The minimum Gasteiger partial charge on any atom is -0.370 e. The molecule has 0 unspecified atom stereocenters. The molecule has 29 heavy (non-hydrogen) atoms. The Morgan fingerprint density at radius 1 is 1.10 bits per heavy atom. The van der Waals surface area contributed by atoms with Gasteiger partial charge in [0, 0.05) is 24.3 Å². The van der Waals surface area contributed by atoms with Gasteiger partial charge < -0.3 is 5.73 Å². The first-order chi connectivity index (χ1) is 14.0. The summed E-state index contributed by atoms with van der Waals surface area (Å²) < 4.78 is 15.6. The lowest BCUT2D eigenvalue weighted by Gasteiger charge is -2.12. The highest BCUT2D eigenvalue weighted by Gasteiger charge is 2.16. The number of hydrogen-bond acceptors (Lipinski definition) is 4. The maximum Gasteiger partial charge on any atom is 0.262 e. The largest absolute Gasteiger partial charge is 0.370 e. The second-order valence-electron chi connectivity index (χ2n) is 6.66. The smallest absolute Gasteiger partial charge is 0.262 e. The molecule has 2 heterocycles. The van der Waals surface area contributed by atoms with Crippen LogP contribution in [0.3, 0.4) is 0 Å². The third-order valence-corrected chi connectivity index (χ3v) is 5.75. The minimum atomic E-state index is -0.510. The Bertz CT molecular complexity index is 1250. The topological polar surface area (TPSA) is 78.0 Å². The lowest BCUT2D eigenvalue weighted by atomic mass is 10.1. The van der Waals surface area contributed by atoms with Gasteiger partial charge in [-0.15, -0.1) is 11.3 Å². The van der Waals surface area contributed by atoms with Crippen LogP contribution in [0.2, 0.25) is 0 Å². The molecule has 0 radical (unpaired) electrons. The highest BCUT2D eigenvalue weighted by molar-refractivity contribution is 7.21. The van der Waals surface area contributed by atoms with Crippen LogP contribution < -0.4 is 11.3 Å². The molecule has 146 valence electrons. The van der Waals surface area contributed by atoms with E-state index in [4.69, 9.17) is 5.73 Å². The zero-order valence-electron chi connectivity index (χ0n) is 15.5. The van der Waals surface area contributed by atoms with Gasteiger partial charge in [0.2, 0.25) is 5.91 Å². The molecule has 0 saturated carbocycles. The molecule has 0 bridgehead atoms. The van der Waals surface area contributed by atoms with E-state index in [0.29, 0.717) is 21.6 Å². The Labute approximate surface area is 170 Å². The summed E-state index contributed by atoms with van der Waals surface area (Å²) in [6.07, 6.45) is 0.155. The highest BCUT2D eigenvalue weighted by Crippen LogP contribution is 2.31. The predicted octanol–water partition coefficient (Wildman–Crippen LogP) is 3.73. The maximum absolute atomic E-state index is 14.2. The molecule has 0 fully saturated rings. The van der Waals surface area contributed by atoms with Gasteiger partial charge in [0.1, 0.15) is 16.5 Å². The van der Waals surface area contributed by atoms with Crippen molar-refractivity contribution < 1.29 is 9.18 Å². The molecule has 1 amide bonds. The molecule has 0 spiro atoms. The molecule has 2 N–H and O–H groups in total. The number of halogens is 1. The summed E-state index contributed by atoms with van der Waals surface area (Å²) in [6, 6.07) is 17.9. The van der Waals surface area contributed by atoms with Crippen molar-refractivity contribution in [3.05, 3.63) is 88.2 Å². The lowest BCUT2D eigenvalue weighted by Crippen LogP contribution is -2.27. The highest BCUT2D eigenvalue weighted by atomic mass is 32.1. The molecule has 4 rings (SSSR count). The van der Waals surface area contributed by atoms with Gasteiger partial charge in [-0.2, -0.15) is 0 Å². The van der Waals surface area contributed by atoms with Crippen molar-refractivity contribution in [3.63, 3.8) is 0 Å². The zero-order chi connectivity index (χ0) is 20.4. The van der Waals surface area contributed by atoms with Crippen LogP contribution in [0.15, 0.2) is 65.5 Å². The van der Waals surface area contributed by atoms with Crippen LogP contribution in [-0.4, -0.2) is 15.5 Å². The molecule has 0 aliphatic heterocycles. The van der Waals surface area contributed by atoms with Crippen molar-refractivity contribution in [2.75, 3.05) is 0 Å². The van der Waals surface area contributed by atoms with Crippen LogP contribution in [0.25, 0.3) is 20.7 Å². The Morgan fingerprint density at radius 3 is 2.55 bits per heavy atom. The van der Waals surface area contributed by atoms with Crippen LogP contribution in [0, 0.1) is 5.82 Å². The number of benzene rings is 2. The number of amides is 1. The Kier molecular flexibility index (Phi) is 5.22. The first kappa shape index (κ1) is 19.0. The normalized spacial score (nSPS) is 11.1. The number of primary amides is 1. The zero-order valence-corrected chi connectivity index (χ0v) is 16.3. The van der Waals surface area contributed by atoms with Crippen LogP contribution in [0.5, 0.6) is 0 Å². The van der Waals surface area contributed by atoms with Crippen molar-refractivity contribution in [2.24, 2.45) is 5.73 Å². The summed E-state index contributed by atoms with van der Waals surface area (Å²) in [5.74, 6) is -0.459. The monoisotopic (exact) mass is 407 g/mol.